The smallest absolute Gasteiger partial charge is 0.243 e. The van der Waals surface area contributed by atoms with Crippen molar-refractivity contribution in [1.82, 2.24) is 4.31 Å². The highest BCUT2D eigenvalue weighted by Gasteiger charge is 2.31. The summed E-state index contributed by atoms with van der Waals surface area (Å²) in [5.74, 6) is 0.814. The first kappa shape index (κ1) is 16.5. The topological polar surface area (TPSA) is 63.4 Å². The number of rotatable bonds is 4. The lowest BCUT2D eigenvalue weighted by molar-refractivity contribution is 0.222. The van der Waals surface area contributed by atoms with Crippen LogP contribution in [0.1, 0.15) is 45.2 Å². The minimum Gasteiger partial charge on any atom is -0.324 e. The molecule has 0 saturated carbocycles. The first-order chi connectivity index (χ1) is 9.84. The Hall–Kier alpha value is -0.910. The molecule has 2 N–H and O–H groups in total. The maximum absolute atomic E-state index is 12.8. The van der Waals surface area contributed by atoms with Gasteiger partial charge in [0.2, 0.25) is 10.0 Å². The molecule has 1 aromatic carbocycles. The van der Waals surface area contributed by atoms with Crippen molar-refractivity contribution in [1.29, 1.82) is 0 Å². The third kappa shape index (κ3) is 3.65. The van der Waals surface area contributed by atoms with Gasteiger partial charge in [-0.1, -0.05) is 32.9 Å². The monoisotopic (exact) mass is 310 g/mol. The van der Waals surface area contributed by atoms with E-state index in [-0.39, 0.29) is 6.04 Å². The Morgan fingerprint density at radius 3 is 2.48 bits per heavy atom. The summed E-state index contributed by atoms with van der Waals surface area (Å²) in [6, 6.07) is 6.97. The molecule has 0 amide bonds. The quantitative estimate of drug-likeness (QED) is 0.930. The van der Waals surface area contributed by atoms with E-state index in [4.69, 9.17) is 5.73 Å². The van der Waals surface area contributed by atoms with E-state index >= 15 is 0 Å². The van der Waals surface area contributed by atoms with E-state index in [1.165, 1.54) is 0 Å². The van der Waals surface area contributed by atoms with Crippen LogP contribution in [0.3, 0.4) is 0 Å². The van der Waals surface area contributed by atoms with Gasteiger partial charge in [-0.15, -0.1) is 0 Å². The zero-order chi connectivity index (χ0) is 15.6. The van der Waals surface area contributed by atoms with Crippen LogP contribution in [0.25, 0.3) is 0 Å². The van der Waals surface area contributed by atoms with Crippen LogP contribution < -0.4 is 5.73 Å². The number of hydrogen-bond acceptors (Lipinski definition) is 3. The Bertz CT molecular complexity index is 576. The minimum absolute atomic E-state index is 0.112. The fourth-order valence-corrected chi connectivity index (χ4v) is 4.83. The number of nitrogens with two attached hydrogens (primary N) is 1. The molecule has 1 saturated heterocycles. The summed E-state index contributed by atoms with van der Waals surface area (Å²) in [7, 11) is -3.41. The first-order valence-electron chi connectivity index (χ1n) is 7.70. The van der Waals surface area contributed by atoms with E-state index in [1.807, 2.05) is 13.0 Å². The fourth-order valence-electron chi connectivity index (χ4n) is 3.09. The summed E-state index contributed by atoms with van der Waals surface area (Å²) in [6.07, 6.45) is 1.88. The summed E-state index contributed by atoms with van der Waals surface area (Å²) in [4.78, 5) is 0.366. The number of piperidine rings is 1. The van der Waals surface area contributed by atoms with Crippen molar-refractivity contribution in [3.05, 3.63) is 29.8 Å². The second-order valence-corrected chi connectivity index (χ2v) is 8.29. The normalized spacial score (nSPS) is 25.7. The van der Waals surface area contributed by atoms with Crippen molar-refractivity contribution in [2.45, 2.75) is 44.6 Å². The largest absolute Gasteiger partial charge is 0.324 e. The van der Waals surface area contributed by atoms with E-state index in [2.05, 4.69) is 13.8 Å². The highest BCUT2D eigenvalue weighted by atomic mass is 32.2. The van der Waals surface area contributed by atoms with Gasteiger partial charge in [-0.05, 0) is 42.4 Å². The molecule has 118 valence electrons. The molecule has 21 heavy (non-hydrogen) atoms. The molecule has 1 aliphatic heterocycles. The van der Waals surface area contributed by atoms with E-state index in [9.17, 15) is 8.42 Å². The molecule has 3 unspecified atom stereocenters. The van der Waals surface area contributed by atoms with Crippen molar-refractivity contribution in [2.24, 2.45) is 17.6 Å². The van der Waals surface area contributed by atoms with Crippen LogP contribution >= 0.6 is 0 Å². The van der Waals surface area contributed by atoms with Crippen LogP contribution in [-0.4, -0.2) is 25.8 Å². The van der Waals surface area contributed by atoms with Gasteiger partial charge in [0.15, 0.2) is 0 Å². The Kier molecular flexibility index (Phi) is 5.07. The molecule has 5 heteroatoms. The van der Waals surface area contributed by atoms with Crippen molar-refractivity contribution < 1.29 is 8.42 Å². The SMILES string of the molecule is CCC(N)c1cccc(S(=O)(=O)N2CC(C)CC(C)C2)c1. The van der Waals surface area contributed by atoms with Crippen LogP contribution in [-0.2, 0) is 10.0 Å². The molecule has 0 radical (unpaired) electrons. The van der Waals surface area contributed by atoms with Crippen LogP contribution in [0.4, 0.5) is 0 Å². The van der Waals surface area contributed by atoms with Gasteiger partial charge in [0, 0.05) is 19.1 Å². The number of benzene rings is 1. The molecule has 1 heterocycles. The van der Waals surface area contributed by atoms with Gasteiger partial charge < -0.3 is 5.73 Å². The van der Waals surface area contributed by atoms with Crippen molar-refractivity contribution >= 4 is 10.0 Å². The average Bonchev–Trinajstić information content (AvgIpc) is 2.45. The van der Waals surface area contributed by atoms with Gasteiger partial charge in [-0.2, -0.15) is 4.31 Å². The van der Waals surface area contributed by atoms with Gasteiger partial charge in [0.05, 0.1) is 4.90 Å². The molecule has 0 aliphatic carbocycles. The molecule has 0 aromatic heterocycles. The number of sulfonamides is 1. The second kappa shape index (κ2) is 6.46. The lowest BCUT2D eigenvalue weighted by Gasteiger charge is -2.34. The Labute approximate surface area is 128 Å². The average molecular weight is 310 g/mol. The third-order valence-electron chi connectivity index (χ3n) is 4.20. The highest BCUT2D eigenvalue weighted by Crippen LogP contribution is 2.27. The lowest BCUT2D eigenvalue weighted by Crippen LogP contribution is -2.42. The molecule has 1 aliphatic rings. The summed E-state index contributed by atoms with van der Waals surface area (Å²) in [5.41, 5.74) is 6.91. The molecule has 0 bridgehead atoms. The van der Waals surface area contributed by atoms with Crippen molar-refractivity contribution in [3.8, 4) is 0 Å². The number of nitrogens with zero attached hydrogens (tertiary/aromatic N) is 1. The molecule has 3 atom stereocenters. The fraction of sp³-hybridized carbons (Fsp3) is 0.625. The van der Waals surface area contributed by atoms with Gasteiger partial charge in [-0.25, -0.2) is 8.42 Å². The second-order valence-electron chi connectivity index (χ2n) is 6.36. The Morgan fingerprint density at radius 2 is 1.90 bits per heavy atom. The summed E-state index contributed by atoms with van der Waals surface area (Å²) < 4.78 is 27.3. The van der Waals surface area contributed by atoms with Crippen LogP contribution in [0.2, 0.25) is 0 Å². The Morgan fingerprint density at radius 1 is 1.29 bits per heavy atom. The minimum atomic E-state index is -3.41. The predicted octanol–water partition coefficient (Wildman–Crippen LogP) is 2.76. The molecular formula is C16H26N2O2S. The predicted molar refractivity (Wildman–Crippen MR) is 85.4 cm³/mol. The van der Waals surface area contributed by atoms with Crippen molar-refractivity contribution in [2.75, 3.05) is 13.1 Å². The molecule has 1 aromatic rings. The molecule has 1 fully saturated rings. The zero-order valence-electron chi connectivity index (χ0n) is 13.1. The van der Waals surface area contributed by atoms with E-state index in [0.717, 1.165) is 18.4 Å². The van der Waals surface area contributed by atoms with Crippen LogP contribution in [0.5, 0.6) is 0 Å². The van der Waals surface area contributed by atoms with E-state index < -0.39 is 10.0 Å². The van der Waals surface area contributed by atoms with Crippen LogP contribution in [0.15, 0.2) is 29.2 Å². The maximum atomic E-state index is 12.8. The lowest BCUT2D eigenvalue weighted by atomic mass is 9.94. The summed E-state index contributed by atoms with van der Waals surface area (Å²) in [5, 5.41) is 0. The van der Waals surface area contributed by atoms with E-state index in [0.29, 0.717) is 29.8 Å². The van der Waals surface area contributed by atoms with Crippen molar-refractivity contribution in [3.63, 3.8) is 0 Å². The zero-order valence-corrected chi connectivity index (χ0v) is 13.9. The van der Waals surface area contributed by atoms with Gasteiger partial charge in [-0.3, -0.25) is 0 Å². The van der Waals surface area contributed by atoms with Gasteiger partial charge in [0.25, 0.3) is 0 Å². The standard InChI is InChI=1S/C16H26N2O2S/c1-4-16(17)14-6-5-7-15(9-14)21(19,20)18-10-12(2)8-13(3)11-18/h5-7,9,12-13,16H,4,8,10-11,17H2,1-3H3. The third-order valence-corrected chi connectivity index (χ3v) is 6.03. The summed E-state index contributed by atoms with van der Waals surface area (Å²) >= 11 is 0. The molecular weight excluding hydrogens is 284 g/mol. The highest BCUT2D eigenvalue weighted by molar-refractivity contribution is 7.89. The first-order valence-corrected chi connectivity index (χ1v) is 9.14. The number of hydrogen-bond donors (Lipinski definition) is 1. The molecule has 4 nitrogen and oxygen atoms in total. The maximum Gasteiger partial charge on any atom is 0.243 e. The summed E-state index contributed by atoms with van der Waals surface area (Å²) in [6.45, 7) is 7.44. The Balaban J connectivity index is 2.31. The molecule has 2 rings (SSSR count). The van der Waals surface area contributed by atoms with Crippen LogP contribution in [0, 0.1) is 11.8 Å². The molecule has 0 spiro atoms. The van der Waals surface area contributed by atoms with E-state index in [1.54, 1.807) is 22.5 Å². The van der Waals surface area contributed by atoms with Gasteiger partial charge in [0.1, 0.15) is 0 Å². The van der Waals surface area contributed by atoms with Gasteiger partial charge >= 0.3 is 0 Å².